The van der Waals surface area contributed by atoms with Crippen LogP contribution in [0.5, 0.6) is 6.01 Å². The number of piperidine rings is 1. The van der Waals surface area contributed by atoms with E-state index in [1.165, 1.54) is 60.7 Å². The molecule has 0 spiro atoms. The van der Waals surface area contributed by atoms with E-state index in [0.29, 0.717) is 38.1 Å². The molecule has 0 amide bonds. The fourth-order valence-electron chi connectivity index (χ4n) is 7.78. The van der Waals surface area contributed by atoms with Gasteiger partial charge in [-0.3, -0.25) is 4.90 Å². The van der Waals surface area contributed by atoms with Crippen molar-refractivity contribution in [2.45, 2.75) is 70.1 Å². The minimum absolute atomic E-state index is 0.0668. The predicted molar refractivity (Wildman–Crippen MR) is 157 cm³/mol. The number of ether oxygens (including phenoxy) is 2. The molecule has 1 unspecified atom stereocenters. The van der Waals surface area contributed by atoms with Gasteiger partial charge in [0.05, 0.1) is 23.9 Å². The first kappa shape index (κ1) is 25.7. The van der Waals surface area contributed by atoms with Crippen molar-refractivity contribution in [2.24, 2.45) is 5.92 Å². The van der Waals surface area contributed by atoms with Crippen molar-refractivity contribution in [3.8, 4) is 6.01 Å². The van der Waals surface area contributed by atoms with Crippen molar-refractivity contribution < 1.29 is 9.47 Å². The summed E-state index contributed by atoms with van der Waals surface area (Å²) < 4.78 is 13.1. The highest BCUT2D eigenvalue weighted by Crippen LogP contribution is 2.41. The summed E-state index contributed by atoms with van der Waals surface area (Å²) in [5, 5.41) is 2.53. The second-order valence-electron chi connectivity index (χ2n) is 12.3. The summed E-state index contributed by atoms with van der Waals surface area (Å²) >= 11 is 0. The van der Waals surface area contributed by atoms with Gasteiger partial charge in [-0.1, -0.05) is 36.4 Å². The van der Waals surface area contributed by atoms with Gasteiger partial charge in [-0.25, -0.2) is 6.57 Å². The first-order valence-corrected chi connectivity index (χ1v) is 15.1. The maximum absolute atomic E-state index is 7.40. The highest BCUT2D eigenvalue weighted by molar-refractivity contribution is 5.89. The number of rotatable bonds is 6. The molecule has 5 heterocycles. The van der Waals surface area contributed by atoms with E-state index in [-0.39, 0.29) is 11.6 Å². The number of benzene rings is 2. The van der Waals surface area contributed by atoms with E-state index >= 15 is 0 Å². The monoisotopic (exact) mass is 537 g/mol. The van der Waals surface area contributed by atoms with Crippen LogP contribution in [0, 0.1) is 19.4 Å². The molecule has 2 atom stereocenters. The van der Waals surface area contributed by atoms with Crippen molar-refractivity contribution in [3.63, 3.8) is 0 Å². The Morgan fingerprint density at radius 3 is 2.73 bits per heavy atom. The zero-order chi connectivity index (χ0) is 27.1. The van der Waals surface area contributed by atoms with Gasteiger partial charge in [0.25, 0.3) is 0 Å². The Morgan fingerprint density at radius 2 is 1.90 bits per heavy atom. The lowest BCUT2D eigenvalue weighted by atomic mass is 9.92. The summed E-state index contributed by atoms with van der Waals surface area (Å²) in [5.74, 6) is 1.33. The molecule has 1 aromatic heterocycles. The third-order valence-electron chi connectivity index (χ3n) is 9.80. The van der Waals surface area contributed by atoms with Gasteiger partial charge in [0, 0.05) is 31.0 Å². The summed E-state index contributed by atoms with van der Waals surface area (Å²) in [6, 6.07) is 13.5. The maximum atomic E-state index is 7.40. The Bertz CT molecular complexity index is 1430. The second-order valence-corrected chi connectivity index (χ2v) is 12.3. The minimum atomic E-state index is -0.0668. The van der Waals surface area contributed by atoms with Gasteiger partial charge in [-0.2, -0.15) is 9.97 Å². The summed E-state index contributed by atoms with van der Waals surface area (Å²) in [6.45, 7) is 15.5. The molecule has 208 valence electrons. The van der Waals surface area contributed by atoms with Crippen LogP contribution in [0.1, 0.15) is 67.0 Å². The van der Waals surface area contributed by atoms with Crippen LogP contribution in [0.15, 0.2) is 36.4 Å². The second kappa shape index (κ2) is 10.6. The molecule has 2 aromatic carbocycles. The van der Waals surface area contributed by atoms with E-state index in [1.54, 1.807) is 0 Å². The van der Waals surface area contributed by atoms with Crippen LogP contribution in [-0.2, 0) is 17.8 Å². The number of aromatic nitrogens is 2. The molecule has 7 heteroatoms. The highest BCUT2D eigenvalue weighted by Gasteiger charge is 2.45. The number of aryl methyl sites for hydroxylation is 1. The molecule has 4 aliphatic rings. The van der Waals surface area contributed by atoms with E-state index in [2.05, 4.69) is 58.0 Å². The van der Waals surface area contributed by atoms with Crippen molar-refractivity contribution >= 4 is 16.6 Å². The van der Waals surface area contributed by atoms with Crippen molar-refractivity contribution in [1.29, 1.82) is 0 Å². The molecule has 0 aliphatic carbocycles. The highest BCUT2D eigenvalue weighted by atomic mass is 16.5. The average Bonchev–Trinajstić information content (AvgIpc) is 3.56. The largest absolute Gasteiger partial charge is 0.461 e. The van der Waals surface area contributed by atoms with E-state index in [0.717, 1.165) is 43.0 Å². The zero-order valence-corrected chi connectivity index (χ0v) is 23.6. The van der Waals surface area contributed by atoms with Gasteiger partial charge in [-0.05, 0) is 80.4 Å². The van der Waals surface area contributed by atoms with E-state index < -0.39 is 0 Å². The Labute approximate surface area is 237 Å². The van der Waals surface area contributed by atoms with E-state index in [4.69, 9.17) is 26.0 Å². The van der Waals surface area contributed by atoms with Crippen LogP contribution >= 0.6 is 0 Å². The van der Waals surface area contributed by atoms with Crippen LogP contribution in [-0.4, -0.2) is 59.7 Å². The number of hydrogen-bond acceptors (Lipinski definition) is 6. The Hall–Kier alpha value is -3.21. The quantitative estimate of drug-likeness (QED) is 0.365. The van der Waals surface area contributed by atoms with Crippen LogP contribution in [0.3, 0.4) is 0 Å². The maximum Gasteiger partial charge on any atom is 0.318 e. The molecule has 4 aliphatic heterocycles. The Morgan fingerprint density at radius 1 is 1.07 bits per heavy atom. The van der Waals surface area contributed by atoms with Gasteiger partial charge in [0.1, 0.15) is 12.4 Å². The molecular weight excluding hydrogens is 498 g/mol. The minimum Gasteiger partial charge on any atom is -0.461 e. The third kappa shape index (κ3) is 4.61. The van der Waals surface area contributed by atoms with Crippen LogP contribution in [0.2, 0.25) is 0 Å². The SMILES string of the molecule is [C-]#[N+]C[C@@H]1CCCN(c2nc(OCC34CCCN3CCC4)nc3c2COC(c2cccc4cccc(C)c24)C3)C1. The van der Waals surface area contributed by atoms with Crippen LogP contribution in [0.4, 0.5) is 5.82 Å². The smallest absolute Gasteiger partial charge is 0.318 e. The lowest BCUT2D eigenvalue weighted by Gasteiger charge is -2.35. The summed E-state index contributed by atoms with van der Waals surface area (Å²) in [4.78, 5) is 18.8. The first-order valence-electron chi connectivity index (χ1n) is 15.1. The molecule has 7 nitrogen and oxygen atoms in total. The number of anilines is 1. The van der Waals surface area contributed by atoms with Gasteiger partial charge < -0.3 is 19.2 Å². The normalized spacial score (nSPS) is 24.1. The van der Waals surface area contributed by atoms with Crippen LogP contribution in [0.25, 0.3) is 15.6 Å². The fourth-order valence-corrected chi connectivity index (χ4v) is 7.78. The lowest BCUT2D eigenvalue weighted by molar-refractivity contribution is 0.0262. The summed E-state index contributed by atoms with van der Waals surface area (Å²) in [7, 11) is 0. The number of hydrogen-bond donors (Lipinski definition) is 0. The number of fused-ring (bicyclic) bond motifs is 3. The van der Waals surface area contributed by atoms with Gasteiger partial charge >= 0.3 is 6.01 Å². The first-order chi connectivity index (χ1) is 19.6. The predicted octanol–water partition coefficient (Wildman–Crippen LogP) is 5.90. The fraction of sp³-hybridized carbons (Fsp3) is 0.545. The van der Waals surface area contributed by atoms with Crippen molar-refractivity contribution in [3.05, 3.63) is 70.2 Å². The van der Waals surface area contributed by atoms with Crippen molar-refractivity contribution in [2.75, 3.05) is 44.2 Å². The molecule has 40 heavy (non-hydrogen) atoms. The molecule has 0 saturated carbocycles. The molecular formula is C33H39N5O2. The van der Waals surface area contributed by atoms with E-state index in [1.807, 2.05) is 0 Å². The molecule has 3 aromatic rings. The summed E-state index contributed by atoms with van der Waals surface area (Å²) in [5.41, 5.74) is 4.78. The zero-order valence-electron chi connectivity index (χ0n) is 23.6. The average molecular weight is 538 g/mol. The van der Waals surface area contributed by atoms with Gasteiger partial charge in [-0.15, -0.1) is 0 Å². The van der Waals surface area contributed by atoms with E-state index in [9.17, 15) is 0 Å². The van der Waals surface area contributed by atoms with Gasteiger partial charge in [0.15, 0.2) is 0 Å². The molecule has 3 fully saturated rings. The molecule has 7 rings (SSSR count). The number of nitrogens with zero attached hydrogens (tertiary/aromatic N) is 5. The van der Waals surface area contributed by atoms with Crippen molar-refractivity contribution in [1.82, 2.24) is 14.9 Å². The Kier molecular flexibility index (Phi) is 6.85. The summed E-state index contributed by atoms with van der Waals surface area (Å²) in [6.07, 6.45) is 7.71. The van der Waals surface area contributed by atoms with Gasteiger partial charge in [0.2, 0.25) is 6.54 Å². The third-order valence-corrected chi connectivity index (χ3v) is 9.80. The standard InChI is InChI=1S/C33H39N5O2/c1-23-8-3-10-25-11-4-12-26(30(23)25)29-18-28-27(21-39-29)31(37-15-5-9-24(20-37)19-34-2)36-32(35-28)40-22-33-13-6-16-38(33)17-7-14-33/h3-4,8,10-12,24,29H,5-7,9,13-22H2,1H3/t24-,29?/m0/s1. The lowest BCUT2D eigenvalue weighted by Crippen LogP contribution is -2.43. The molecule has 0 N–H and O–H groups in total. The topological polar surface area (TPSA) is 55.1 Å². The Balaban J connectivity index is 1.23. The molecule has 0 radical (unpaired) electrons. The molecule has 3 saturated heterocycles. The van der Waals surface area contributed by atoms with Crippen LogP contribution < -0.4 is 9.64 Å². The molecule has 0 bridgehead atoms.